The number of anilines is 1. The molecule has 126 valence electrons. The fraction of sp³-hybridized carbons (Fsp3) is 0.278. The Morgan fingerprint density at radius 1 is 1.12 bits per heavy atom. The minimum Gasteiger partial charge on any atom is -0.497 e. The molecule has 1 heterocycles. The summed E-state index contributed by atoms with van der Waals surface area (Å²) in [6, 6.07) is 10.1. The van der Waals surface area contributed by atoms with Gasteiger partial charge in [0.1, 0.15) is 11.4 Å². The Kier molecular flexibility index (Phi) is 5.89. The number of ether oxygens (including phenoxy) is 1. The predicted molar refractivity (Wildman–Crippen MR) is 92.4 cm³/mol. The first-order valence-electron chi connectivity index (χ1n) is 7.69. The highest BCUT2D eigenvalue weighted by Crippen LogP contribution is 2.16. The second-order valence-corrected chi connectivity index (χ2v) is 5.72. The van der Waals surface area contributed by atoms with Crippen molar-refractivity contribution in [2.75, 3.05) is 19.0 Å². The molecule has 6 nitrogen and oxygen atoms in total. The van der Waals surface area contributed by atoms with Crippen LogP contribution in [0.15, 0.2) is 42.6 Å². The highest BCUT2D eigenvalue weighted by molar-refractivity contribution is 6.05. The summed E-state index contributed by atoms with van der Waals surface area (Å²) in [4.78, 5) is 28.4. The molecular formula is C18H21N3O3. The maximum absolute atomic E-state index is 12.3. The lowest BCUT2D eigenvalue weighted by atomic mass is 10.2. The normalized spacial score (nSPS) is 10.3. The molecule has 1 aromatic heterocycles. The lowest BCUT2D eigenvalue weighted by Gasteiger charge is -2.09. The van der Waals surface area contributed by atoms with Crippen LogP contribution in [0.2, 0.25) is 0 Å². The van der Waals surface area contributed by atoms with E-state index in [-0.39, 0.29) is 17.5 Å². The van der Waals surface area contributed by atoms with E-state index in [1.807, 2.05) is 13.8 Å². The number of nitrogens with one attached hydrogen (secondary N) is 2. The van der Waals surface area contributed by atoms with Gasteiger partial charge in [-0.1, -0.05) is 13.8 Å². The quantitative estimate of drug-likeness (QED) is 0.855. The molecule has 0 atom stereocenters. The summed E-state index contributed by atoms with van der Waals surface area (Å²) < 4.78 is 5.08. The fourth-order valence-corrected chi connectivity index (χ4v) is 1.96. The first kappa shape index (κ1) is 17.5. The van der Waals surface area contributed by atoms with E-state index in [1.165, 1.54) is 12.3 Å². The van der Waals surface area contributed by atoms with Crippen LogP contribution < -0.4 is 15.4 Å². The van der Waals surface area contributed by atoms with Crippen molar-refractivity contribution in [3.63, 3.8) is 0 Å². The van der Waals surface area contributed by atoms with E-state index in [2.05, 4.69) is 15.6 Å². The molecule has 24 heavy (non-hydrogen) atoms. The largest absolute Gasteiger partial charge is 0.497 e. The van der Waals surface area contributed by atoms with Crippen LogP contribution in [0, 0.1) is 5.92 Å². The van der Waals surface area contributed by atoms with E-state index >= 15 is 0 Å². The van der Waals surface area contributed by atoms with Crippen LogP contribution in [0.3, 0.4) is 0 Å². The van der Waals surface area contributed by atoms with Gasteiger partial charge in [-0.3, -0.25) is 14.6 Å². The Morgan fingerprint density at radius 2 is 1.83 bits per heavy atom. The molecule has 2 amide bonds. The Labute approximate surface area is 141 Å². The summed E-state index contributed by atoms with van der Waals surface area (Å²) in [5, 5.41) is 5.55. The summed E-state index contributed by atoms with van der Waals surface area (Å²) >= 11 is 0. The van der Waals surface area contributed by atoms with Crippen molar-refractivity contribution < 1.29 is 14.3 Å². The van der Waals surface area contributed by atoms with Gasteiger partial charge in [-0.25, -0.2) is 0 Å². The zero-order valence-electron chi connectivity index (χ0n) is 14.0. The number of hydrogen-bond donors (Lipinski definition) is 2. The number of amides is 2. The molecular weight excluding hydrogens is 306 g/mol. The van der Waals surface area contributed by atoms with Crippen molar-refractivity contribution in [3.8, 4) is 5.75 Å². The molecule has 2 aromatic rings. The van der Waals surface area contributed by atoms with Crippen molar-refractivity contribution in [1.29, 1.82) is 0 Å². The third-order valence-electron chi connectivity index (χ3n) is 3.27. The van der Waals surface area contributed by atoms with Gasteiger partial charge in [0.2, 0.25) is 0 Å². The number of hydrogen-bond acceptors (Lipinski definition) is 4. The van der Waals surface area contributed by atoms with E-state index in [4.69, 9.17) is 4.74 Å². The smallest absolute Gasteiger partial charge is 0.269 e. The Hall–Kier alpha value is -2.89. The molecule has 0 unspecified atom stereocenters. The van der Waals surface area contributed by atoms with E-state index in [0.717, 1.165) is 0 Å². The topological polar surface area (TPSA) is 80.3 Å². The summed E-state index contributed by atoms with van der Waals surface area (Å²) in [6.45, 7) is 4.57. The van der Waals surface area contributed by atoms with Crippen molar-refractivity contribution >= 4 is 17.5 Å². The van der Waals surface area contributed by atoms with E-state index in [9.17, 15) is 9.59 Å². The number of nitrogens with zero attached hydrogens (tertiary/aromatic N) is 1. The molecule has 0 radical (unpaired) electrons. The SMILES string of the molecule is COc1ccc(NC(=O)c2ccnc(C(=O)NCC(C)C)c2)cc1. The van der Waals surface area contributed by atoms with E-state index < -0.39 is 0 Å². The molecule has 1 aromatic carbocycles. The van der Waals surface area contributed by atoms with E-state index in [1.54, 1.807) is 37.4 Å². The number of aromatic nitrogens is 1. The molecule has 0 spiro atoms. The second kappa shape index (κ2) is 8.10. The molecule has 0 saturated carbocycles. The zero-order valence-corrected chi connectivity index (χ0v) is 14.0. The van der Waals surface area contributed by atoms with Crippen LogP contribution in [0.1, 0.15) is 34.7 Å². The van der Waals surface area contributed by atoms with E-state index in [0.29, 0.717) is 29.5 Å². The third-order valence-corrected chi connectivity index (χ3v) is 3.27. The van der Waals surface area contributed by atoms with Crippen molar-refractivity contribution in [3.05, 3.63) is 53.9 Å². The maximum Gasteiger partial charge on any atom is 0.269 e. The van der Waals surface area contributed by atoms with Gasteiger partial charge in [0.05, 0.1) is 7.11 Å². The monoisotopic (exact) mass is 327 g/mol. The maximum atomic E-state index is 12.3. The molecule has 0 aliphatic carbocycles. The lowest BCUT2D eigenvalue weighted by molar-refractivity contribution is 0.0944. The highest BCUT2D eigenvalue weighted by atomic mass is 16.5. The average molecular weight is 327 g/mol. The Bertz CT molecular complexity index is 712. The molecule has 0 aliphatic rings. The minimum atomic E-state index is -0.305. The number of rotatable bonds is 6. The van der Waals surface area contributed by atoms with Gasteiger partial charge in [0.15, 0.2) is 0 Å². The second-order valence-electron chi connectivity index (χ2n) is 5.72. The molecule has 0 saturated heterocycles. The Morgan fingerprint density at radius 3 is 2.46 bits per heavy atom. The average Bonchev–Trinajstić information content (AvgIpc) is 2.60. The first-order valence-corrected chi connectivity index (χ1v) is 7.69. The van der Waals surface area contributed by atoms with Crippen LogP contribution in [-0.2, 0) is 0 Å². The van der Waals surface area contributed by atoms with Crippen molar-refractivity contribution in [1.82, 2.24) is 10.3 Å². The number of methoxy groups -OCH3 is 1. The molecule has 0 bridgehead atoms. The van der Waals surface area contributed by atoms with Crippen LogP contribution in [0.4, 0.5) is 5.69 Å². The van der Waals surface area contributed by atoms with Gasteiger partial charge in [0.25, 0.3) is 11.8 Å². The summed E-state index contributed by atoms with van der Waals surface area (Å²) in [6.07, 6.45) is 1.45. The van der Waals surface area contributed by atoms with Gasteiger partial charge in [0, 0.05) is 24.0 Å². The van der Waals surface area contributed by atoms with Gasteiger partial charge < -0.3 is 15.4 Å². The van der Waals surface area contributed by atoms with Gasteiger partial charge >= 0.3 is 0 Å². The van der Waals surface area contributed by atoms with Gasteiger partial charge in [-0.05, 0) is 42.3 Å². The van der Waals surface area contributed by atoms with Crippen LogP contribution >= 0.6 is 0 Å². The van der Waals surface area contributed by atoms with Crippen LogP contribution in [0.5, 0.6) is 5.75 Å². The molecule has 6 heteroatoms. The number of pyridine rings is 1. The van der Waals surface area contributed by atoms with Crippen molar-refractivity contribution in [2.45, 2.75) is 13.8 Å². The molecule has 0 aliphatic heterocycles. The number of carbonyl (C=O) groups excluding carboxylic acids is 2. The molecule has 0 fully saturated rings. The third kappa shape index (κ3) is 4.81. The lowest BCUT2D eigenvalue weighted by Crippen LogP contribution is -2.28. The number of benzene rings is 1. The standard InChI is InChI=1S/C18H21N3O3/c1-12(2)11-20-18(23)16-10-13(8-9-19-16)17(22)21-14-4-6-15(24-3)7-5-14/h4-10,12H,11H2,1-3H3,(H,20,23)(H,21,22). The Balaban J connectivity index is 2.06. The van der Waals surface area contributed by atoms with Crippen LogP contribution in [0.25, 0.3) is 0 Å². The van der Waals surface area contributed by atoms with Crippen molar-refractivity contribution in [2.24, 2.45) is 5.92 Å². The number of carbonyl (C=O) groups is 2. The van der Waals surface area contributed by atoms with Crippen LogP contribution in [-0.4, -0.2) is 30.5 Å². The minimum absolute atomic E-state index is 0.220. The first-order chi connectivity index (χ1) is 11.5. The summed E-state index contributed by atoms with van der Waals surface area (Å²) in [5.74, 6) is 0.458. The van der Waals surface area contributed by atoms with Gasteiger partial charge in [-0.2, -0.15) is 0 Å². The van der Waals surface area contributed by atoms with Gasteiger partial charge in [-0.15, -0.1) is 0 Å². The zero-order chi connectivity index (χ0) is 17.5. The molecule has 2 N–H and O–H groups in total. The highest BCUT2D eigenvalue weighted by Gasteiger charge is 2.12. The molecule has 2 rings (SSSR count). The predicted octanol–water partition coefficient (Wildman–Crippen LogP) is 2.73. The summed E-state index contributed by atoms with van der Waals surface area (Å²) in [7, 11) is 1.58. The summed E-state index contributed by atoms with van der Waals surface area (Å²) in [5.41, 5.74) is 1.23. The fourth-order valence-electron chi connectivity index (χ4n) is 1.96.